The number of rotatable bonds is 4. The number of carbonyl (C=O) groups excluding carboxylic acids is 1. The van der Waals surface area contributed by atoms with Crippen LogP contribution in [0.2, 0.25) is 0 Å². The van der Waals surface area contributed by atoms with Crippen LogP contribution < -0.4 is 5.32 Å². The molecule has 0 radical (unpaired) electrons. The Kier molecular flexibility index (Phi) is 4.95. The topological polar surface area (TPSA) is 56.1 Å². The Morgan fingerprint density at radius 2 is 2.29 bits per heavy atom. The van der Waals surface area contributed by atoms with Crippen LogP contribution >= 0.6 is 0 Å². The van der Waals surface area contributed by atoms with Crippen molar-refractivity contribution >= 4 is 5.91 Å². The van der Waals surface area contributed by atoms with Crippen LogP contribution in [0.25, 0.3) is 0 Å². The molecule has 1 aliphatic rings. The Hall–Kier alpha value is -1.08. The highest BCUT2D eigenvalue weighted by Gasteiger charge is 2.27. The van der Waals surface area contributed by atoms with Gasteiger partial charge in [-0.2, -0.15) is 5.26 Å². The first kappa shape index (κ1) is 14.0. The minimum atomic E-state index is -0.913. The van der Waals surface area contributed by atoms with Gasteiger partial charge in [-0.25, -0.2) is 0 Å². The van der Waals surface area contributed by atoms with Crippen molar-refractivity contribution in [2.45, 2.75) is 33.1 Å². The molecule has 0 bridgehead atoms. The van der Waals surface area contributed by atoms with E-state index in [2.05, 4.69) is 17.3 Å². The van der Waals surface area contributed by atoms with Crippen molar-refractivity contribution in [2.24, 2.45) is 11.3 Å². The predicted octanol–water partition coefficient (Wildman–Crippen LogP) is 1.38. The van der Waals surface area contributed by atoms with Gasteiger partial charge in [-0.3, -0.25) is 4.79 Å². The molecule has 96 valence electrons. The van der Waals surface area contributed by atoms with Crippen LogP contribution in [0.5, 0.6) is 0 Å². The van der Waals surface area contributed by atoms with Gasteiger partial charge < -0.3 is 10.2 Å². The minimum Gasteiger partial charge on any atom is -0.355 e. The van der Waals surface area contributed by atoms with Crippen molar-refractivity contribution in [1.29, 1.82) is 5.26 Å². The van der Waals surface area contributed by atoms with Crippen molar-refractivity contribution in [2.75, 3.05) is 26.7 Å². The molecule has 1 unspecified atom stereocenters. The van der Waals surface area contributed by atoms with Crippen LogP contribution in [0, 0.1) is 22.7 Å². The molecule has 0 aromatic carbocycles. The second kappa shape index (κ2) is 6.02. The molecule has 4 nitrogen and oxygen atoms in total. The number of nitrogens with one attached hydrogen (secondary N) is 1. The summed E-state index contributed by atoms with van der Waals surface area (Å²) in [4.78, 5) is 14.0. The average Bonchev–Trinajstić information content (AvgIpc) is 2.29. The van der Waals surface area contributed by atoms with Crippen LogP contribution in [0.3, 0.4) is 0 Å². The van der Waals surface area contributed by atoms with Gasteiger partial charge in [-0.05, 0) is 52.6 Å². The van der Waals surface area contributed by atoms with E-state index in [4.69, 9.17) is 5.26 Å². The average molecular weight is 237 g/mol. The van der Waals surface area contributed by atoms with Gasteiger partial charge in [-0.1, -0.05) is 0 Å². The van der Waals surface area contributed by atoms with Crippen LogP contribution in [0.1, 0.15) is 33.1 Å². The van der Waals surface area contributed by atoms with E-state index in [-0.39, 0.29) is 5.91 Å². The number of hydrogen-bond donors (Lipinski definition) is 1. The van der Waals surface area contributed by atoms with E-state index in [1.165, 1.54) is 19.4 Å². The van der Waals surface area contributed by atoms with Crippen LogP contribution in [-0.4, -0.2) is 37.5 Å². The fourth-order valence-electron chi connectivity index (χ4n) is 2.17. The zero-order valence-corrected chi connectivity index (χ0v) is 11.1. The fourth-order valence-corrected chi connectivity index (χ4v) is 2.17. The van der Waals surface area contributed by atoms with Crippen molar-refractivity contribution in [1.82, 2.24) is 10.2 Å². The van der Waals surface area contributed by atoms with Gasteiger partial charge in [0.25, 0.3) is 0 Å². The van der Waals surface area contributed by atoms with Gasteiger partial charge in [-0.15, -0.1) is 0 Å². The minimum absolute atomic E-state index is 0.163. The smallest absolute Gasteiger partial charge is 0.239 e. The quantitative estimate of drug-likeness (QED) is 0.803. The highest BCUT2D eigenvalue weighted by molar-refractivity contribution is 5.84. The summed E-state index contributed by atoms with van der Waals surface area (Å²) in [6.45, 7) is 6.29. The third kappa shape index (κ3) is 4.35. The fraction of sp³-hybridized carbons (Fsp3) is 0.846. The Bertz CT molecular complexity index is 306. The molecule has 0 aromatic rings. The van der Waals surface area contributed by atoms with Crippen molar-refractivity contribution in [3.8, 4) is 6.07 Å². The van der Waals surface area contributed by atoms with Gasteiger partial charge in [0, 0.05) is 13.1 Å². The highest BCUT2D eigenvalue weighted by atomic mass is 16.2. The molecule has 0 saturated carbocycles. The summed E-state index contributed by atoms with van der Waals surface area (Å²) in [6, 6.07) is 2.02. The van der Waals surface area contributed by atoms with E-state index in [9.17, 15) is 4.79 Å². The Labute approximate surface area is 104 Å². The van der Waals surface area contributed by atoms with Crippen molar-refractivity contribution in [3.63, 3.8) is 0 Å². The molecule has 1 atom stereocenters. The lowest BCUT2D eigenvalue weighted by atomic mass is 9.93. The summed E-state index contributed by atoms with van der Waals surface area (Å²) in [6.07, 6.45) is 3.51. The molecule has 4 heteroatoms. The normalized spacial score (nSPS) is 21.9. The van der Waals surface area contributed by atoms with E-state index in [1.807, 2.05) is 6.07 Å². The number of carbonyl (C=O) groups is 1. The molecule has 0 spiro atoms. The first-order valence-electron chi connectivity index (χ1n) is 6.34. The van der Waals surface area contributed by atoms with Gasteiger partial charge in [0.15, 0.2) is 0 Å². The number of nitrogens with zero attached hydrogens (tertiary/aromatic N) is 2. The molecule has 1 aliphatic heterocycles. The summed E-state index contributed by atoms with van der Waals surface area (Å²) in [5, 5.41) is 11.7. The molecule has 0 aromatic heterocycles. The summed E-state index contributed by atoms with van der Waals surface area (Å²) in [5.41, 5.74) is -0.913. The largest absolute Gasteiger partial charge is 0.355 e. The summed E-state index contributed by atoms with van der Waals surface area (Å²) in [7, 11) is 2.14. The lowest BCUT2D eigenvalue weighted by Crippen LogP contribution is -2.38. The summed E-state index contributed by atoms with van der Waals surface area (Å²) in [5.74, 6) is 0.517. The maximum absolute atomic E-state index is 11.7. The molecule has 1 fully saturated rings. The van der Waals surface area contributed by atoms with Crippen LogP contribution in [0.4, 0.5) is 0 Å². The standard InChI is InChI=1S/C13H23N3O/c1-13(2,10-14)12(17)15-7-6-11-5-4-8-16(3)9-11/h11H,4-9H2,1-3H3,(H,15,17). The molecule has 0 aliphatic carbocycles. The zero-order chi connectivity index (χ0) is 12.9. The second-order valence-corrected chi connectivity index (χ2v) is 5.55. The van der Waals surface area contributed by atoms with Crippen LogP contribution in [0.15, 0.2) is 0 Å². The molecule has 17 heavy (non-hydrogen) atoms. The van der Waals surface area contributed by atoms with Crippen molar-refractivity contribution < 1.29 is 4.79 Å². The highest BCUT2D eigenvalue weighted by Crippen LogP contribution is 2.18. The number of nitriles is 1. The zero-order valence-electron chi connectivity index (χ0n) is 11.1. The molecule has 1 rings (SSSR count). The summed E-state index contributed by atoms with van der Waals surface area (Å²) < 4.78 is 0. The first-order chi connectivity index (χ1) is 7.95. The molecule has 1 saturated heterocycles. The second-order valence-electron chi connectivity index (χ2n) is 5.55. The monoisotopic (exact) mass is 237 g/mol. The maximum Gasteiger partial charge on any atom is 0.239 e. The molecule has 1 heterocycles. The van der Waals surface area contributed by atoms with Crippen LogP contribution in [-0.2, 0) is 4.79 Å². The van der Waals surface area contributed by atoms with Gasteiger partial charge in [0.1, 0.15) is 5.41 Å². The third-order valence-corrected chi connectivity index (χ3v) is 3.41. The number of amides is 1. The predicted molar refractivity (Wildman–Crippen MR) is 67.2 cm³/mol. The first-order valence-corrected chi connectivity index (χ1v) is 6.34. The van der Waals surface area contributed by atoms with Crippen molar-refractivity contribution in [3.05, 3.63) is 0 Å². The van der Waals surface area contributed by atoms with E-state index in [0.717, 1.165) is 13.0 Å². The lowest BCUT2D eigenvalue weighted by Gasteiger charge is -2.29. The lowest BCUT2D eigenvalue weighted by molar-refractivity contribution is -0.126. The SMILES string of the molecule is CN1CCCC(CCNC(=O)C(C)(C)C#N)C1. The number of piperidine rings is 1. The Morgan fingerprint density at radius 3 is 2.88 bits per heavy atom. The molecule has 1 N–H and O–H groups in total. The van der Waals surface area contributed by atoms with Gasteiger partial charge >= 0.3 is 0 Å². The van der Waals surface area contributed by atoms with E-state index in [0.29, 0.717) is 12.5 Å². The van der Waals surface area contributed by atoms with E-state index in [1.54, 1.807) is 13.8 Å². The maximum atomic E-state index is 11.7. The molecule has 1 amide bonds. The third-order valence-electron chi connectivity index (χ3n) is 3.41. The summed E-state index contributed by atoms with van der Waals surface area (Å²) >= 11 is 0. The van der Waals surface area contributed by atoms with Gasteiger partial charge in [0.05, 0.1) is 6.07 Å². The van der Waals surface area contributed by atoms with E-state index < -0.39 is 5.41 Å². The molecular formula is C13H23N3O. The Morgan fingerprint density at radius 1 is 1.59 bits per heavy atom. The van der Waals surface area contributed by atoms with Gasteiger partial charge in [0.2, 0.25) is 5.91 Å². The Balaban J connectivity index is 2.24. The van der Waals surface area contributed by atoms with E-state index >= 15 is 0 Å². The molecular weight excluding hydrogens is 214 g/mol. The number of hydrogen-bond acceptors (Lipinski definition) is 3. The number of likely N-dealkylation sites (tertiary alicyclic amines) is 1.